The van der Waals surface area contributed by atoms with Crippen molar-refractivity contribution in [3.63, 3.8) is 0 Å². The molecule has 4 rings (SSSR count). The number of hydrogen-bond acceptors (Lipinski definition) is 5. The van der Waals surface area contributed by atoms with Gasteiger partial charge < -0.3 is 20.4 Å². The first-order chi connectivity index (χ1) is 16.5. The Balaban J connectivity index is 1.13. The molecule has 2 saturated carbocycles. The van der Waals surface area contributed by atoms with E-state index in [2.05, 4.69) is 16.7 Å². The van der Waals surface area contributed by atoms with Crippen molar-refractivity contribution >= 4 is 17.7 Å². The predicted octanol–water partition coefficient (Wildman–Crippen LogP) is 2.34. The maximum atomic E-state index is 13.1. The third-order valence-corrected chi connectivity index (χ3v) is 8.47. The molecule has 3 amide bonds. The van der Waals surface area contributed by atoms with Crippen molar-refractivity contribution < 1.29 is 14.4 Å². The number of carbonyl (C=O) groups is 3. The van der Waals surface area contributed by atoms with Crippen LogP contribution in [0.2, 0.25) is 0 Å². The molecule has 1 atom stereocenters. The molecule has 8 heteroatoms. The van der Waals surface area contributed by atoms with Crippen LogP contribution in [0, 0.1) is 23.2 Å². The lowest BCUT2D eigenvalue weighted by atomic mass is 9.84. The summed E-state index contributed by atoms with van der Waals surface area (Å²) in [7, 11) is 0. The van der Waals surface area contributed by atoms with Crippen LogP contribution in [0.15, 0.2) is 0 Å². The van der Waals surface area contributed by atoms with Crippen LogP contribution in [-0.2, 0) is 14.4 Å². The molecule has 2 saturated heterocycles. The van der Waals surface area contributed by atoms with Gasteiger partial charge in [-0.25, -0.2) is 0 Å². The van der Waals surface area contributed by atoms with Crippen LogP contribution in [0.5, 0.6) is 0 Å². The van der Waals surface area contributed by atoms with E-state index in [9.17, 15) is 19.6 Å². The SMILES string of the molecule is N#C[C@@H]1CCCN1C(=O)CNC1CCC(C(=O)N2CCC(NC(=O)C3CCCCC3)CC2)CC1. The van der Waals surface area contributed by atoms with Crippen LogP contribution >= 0.6 is 0 Å². The van der Waals surface area contributed by atoms with Gasteiger partial charge in [0.1, 0.15) is 6.04 Å². The third-order valence-electron chi connectivity index (χ3n) is 8.47. The fourth-order valence-corrected chi connectivity index (χ4v) is 6.26. The monoisotopic (exact) mass is 471 g/mol. The van der Waals surface area contributed by atoms with Gasteiger partial charge in [0.15, 0.2) is 0 Å². The lowest BCUT2D eigenvalue weighted by molar-refractivity contribution is -0.138. The number of carbonyl (C=O) groups excluding carboxylic acids is 3. The maximum Gasteiger partial charge on any atom is 0.237 e. The van der Waals surface area contributed by atoms with Crippen molar-refractivity contribution in [2.75, 3.05) is 26.2 Å². The number of nitrogens with one attached hydrogen (secondary N) is 2. The molecular weight excluding hydrogens is 430 g/mol. The molecule has 0 unspecified atom stereocenters. The van der Waals surface area contributed by atoms with Gasteiger partial charge >= 0.3 is 0 Å². The van der Waals surface area contributed by atoms with E-state index in [1.165, 1.54) is 19.3 Å². The van der Waals surface area contributed by atoms with Crippen molar-refractivity contribution in [2.24, 2.45) is 11.8 Å². The lowest BCUT2D eigenvalue weighted by Gasteiger charge is -2.37. The van der Waals surface area contributed by atoms with Crippen molar-refractivity contribution in [3.8, 4) is 6.07 Å². The van der Waals surface area contributed by atoms with Gasteiger partial charge in [-0.2, -0.15) is 5.26 Å². The molecule has 8 nitrogen and oxygen atoms in total. The smallest absolute Gasteiger partial charge is 0.237 e. The first kappa shape index (κ1) is 25.0. The van der Waals surface area contributed by atoms with Crippen LogP contribution in [0.1, 0.15) is 83.5 Å². The molecule has 0 radical (unpaired) electrons. The van der Waals surface area contributed by atoms with Crippen molar-refractivity contribution in [1.82, 2.24) is 20.4 Å². The van der Waals surface area contributed by atoms with Crippen LogP contribution in [0.25, 0.3) is 0 Å². The lowest BCUT2D eigenvalue weighted by Crippen LogP contribution is -2.50. The molecule has 2 aliphatic carbocycles. The molecule has 0 aromatic rings. The minimum atomic E-state index is -0.271. The summed E-state index contributed by atoms with van der Waals surface area (Å²) in [6.45, 7) is 2.43. The van der Waals surface area contributed by atoms with E-state index in [4.69, 9.17) is 0 Å². The molecule has 2 heterocycles. The van der Waals surface area contributed by atoms with Crippen LogP contribution in [0.3, 0.4) is 0 Å². The standard InChI is InChI=1S/C26H41N5O3/c27-17-23-7-4-14-31(23)24(32)18-28-21-10-8-20(9-11-21)26(34)30-15-12-22(13-16-30)29-25(33)19-5-2-1-3-6-19/h19-23,28H,1-16,18H2,(H,29,33)/t20?,21?,23-/m0/s1. The van der Waals surface area contributed by atoms with Gasteiger partial charge in [-0.15, -0.1) is 0 Å². The summed E-state index contributed by atoms with van der Waals surface area (Å²) < 4.78 is 0. The maximum absolute atomic E-state index is 13.1. The van der Waals surface area contributed by atoms with Gasteiger partial charge in [-0.1, -0.05) is 19.3 Å². The highest BCUT2D eigenvalue weighted by molar-refractivity contribution is 5.80. The quantitative estimate of drug-likeness (QED) is 0.619. The predicted molar refractivity (Wildman–Crippen MR) is 128 cm³/mol. The van der Waals surface area contributed by atoms with E-state index in [0.29, 0.717) is 6.54 Å². The number of rotatable bonds is 6. The van der Waals surface area contributed by atoms with Crippen LogP contribution < -0.4 is 10.6 Å². The van der Waals surface area contributed by atoms with Crippen molar-refractivity contribution in [2.45, 2.75) is 102 Å². The number of nitriles is 1. The summed E-state index contributed by atoms with van der Waals surface area (Å²) >= 11 is 0. The molecule has 34 heavy (non-hydrogen) atoms. The fourth-order valence-electron chi connectivity index (χ4n) is 6.26. The largest absolute Gasteiger partial charge is 0.353 e. The van der Waals surface area contributed by atoms with Gasteiger partial charge in [-0.05, 0) is 64.2 Å². The number of likely N-dealkylation sites (tertiary alicyclic amines) is 2. The summed E-state index contributed by atoms with van der Waals surface area (Å²) in [5.41, 5.74) is 0. The number of amides is 3. The zero-order valence-corrected chi connectivity index (χ0v) is 20.5. The van der Waals surface area contributed by atoms with Gasteiger partial charge in [0.25, 0.3) is 0 Å². The molecule has 0 spiro atoms. The van der Waals surface area contributed by atoms with Crippen LogP contribution in [0.4, 0.5) is 0 Å². The molecule has 4 fully saturated rings. The Kier molecular flexibility index (Phi) is 8.82. The molecular formula is C26H41N5O3. The topological polar surface area (TPSA) is 106 Å². The highest BCUT2D eigenvalue weighted by atomic mass is 16.2. The zero-order chi connectivity index (χ0) is 23.9. The molecule has 188 valence electrons. The van der Waals surface area contributed by atoms with E-state index in [1.54, 1.807) is 4.90 Å². The molecule has 0 aromatic heterocycles. The highest BCUT2D eigenvalue weighted by Crippen LogP contribution is 2.28. The number of nitrogens with zero attached hydrogens (tertiary/aromatic N) is 3. The number of hydrogen-bond donors (Lipinski definition) is 2. The van der Waals surface area contributed by atoms with Gasteiger partial charge in [0, 0.05) is 43.6 Å². The van der Waals surface area contributed by atoms with Crippen LogP contribution in [-0.4, -0.2) is 71.8 Å². The summed E-state index contributed by atoms with van der Waals surface area (Å²) in [6.07, 6.45) is 12.5. The van der Waals surface area contributed by atoms with E-state index in [0.717, 1.165) is 77.3 Å². The van der Waals surface area contributed by atoms with E-state index >= 15 is 0 Å². The fraction of sp³-hybridized carbons (Fsp3) is 0.846. The summed E-state index contributed by atoms with van der Waals surface area (Å²) in [4.78, 5) is 41.7. The van der Waals surface area contributed by atoms with E-state index in [1.807, 2.05) is 4.90 Å². The molecule has 4 aliphatic rings. The highest BCUT2D eigenvalue weighted by Gasteiger charge is 2.33. The average Bonchev–Trinajstić information content (AvgIpc) is 3.37. The Morgan fingerprint density at radius 1 is 0.765 bits per heavy atom. The van der Waals surface area contributed by atoms with Gasteiger partial charge in [0.05, 0.1) is 12.6 Å². The second-order valence-electron chi connectivity index (χ2n) is 10.7. The Morgan fingerprint density at radius 3 is 2.15 bits per heavy atom. The van der Waals surface area contributed by atoms with E-state index < -0.39 is 0 Å². The first-order valence-electron chi connectivity index (χ1n) is 13.6. The minimum absolute atomic E-state index is 0.0145. The third kappa shape index (κ3) is 6.29. The Bertz CT molecular complexity index is 759. The molecule has 2 N–H and O–H groups in total. The summed E-state index contributed by atoms with van der Waals surface area (Å²) in [5, 5.41) is 15.8. The Labute approximate surface area is 203 Å². The van der Waals surface area contributed by atoms with Gasteiger partial charge in [0.2, 0.25) is 17.7 Å². The zero-order valence-electron chi connectivity index (χ0n) is 20.5. The molecule has 0 bridgehead atoms. The Hall–Kier alpha value is -2.14. The average molecular weight is 472 g/mol. The van der Waals surface area contributed by atoms with Gasteiger partial charge in [-0.3, -0.25) is 14.4 Å². The molecule has 0 aromatic carbocycles. The van der Waals surface area contributed by atoms with E-state index in [-0.39, 0.29) is 54.2 Å². The number of piperidine rings is 1. The summed E-state index contributed by atoms with van der Waals surface area (Å²) in [6, 6.07) is 2.41. The summed E-state index contributed by atoms with van der Waals surface area (Å²) in [5.74, 6) is 0.766. The molecule has 2 aliphatic heterocycles. The minimum Gasteiger partial charge on any atom is -0.353 e. The van der Waals surface area contributed by atoms with Crippen molar-refractivity contribution in [3.05, 3.63) is 0 Å². The second kappa shape index (κ2) is 12.0. The Morgan fingerprint density at radius 2 is 1.47 bits per heavy atom. The van der Waals surface area contributed by atoms with Crippen molar-refractivity contribution in [1.29, 1.82) is 5.26 Å². The normalized spacial score (nSPS) is 29.0. The first-order valence-corrected chi connectivity index (χ1v) is 13.6. The second-order valence-corrected chi connectivity index (χ2v) is 10.7.